The van der Waals surface area contributed by atoms with Crippen LogP contribution in [0.25, 0.3) is 11.3 Å². The second-order valence-corrected chi connectivity index (χ2v) is 8.62. The first-order chi connectivity index (χ1) is 16.1. The number of carbonyl (C=O) groups is 2. The Bertz CT molecular complexity index is 1360. The van der Waals surface area contributed by atoms with E-state index in [9.17, 15) is 9.59 Å². The highest BCUT2D eigenvalue weighted by Gasteiger charge is 2.59. The van der Waals surface area contributed by atoms with Crippen molar-refractivity contribution in [2.45, 2.75) is 17.9 Å². The molecule has 33 heavy (non-hydrogen) atoms. The van der Waals surface area contributed by atoms with Crippen LogP contribution >= 0.6 is 0 Å². The molecule has 0 aliphatic carbocycles. The highest BCUT2D eigenvalue weighted by atomic mass is 16.2. The number of rotatable bonds is 3. The summed E-state index contributed by atoms with van der Waals surface area (Å²) in [5, 5.41) is 14.3. The predicted molar refractivity (Wildman–Crippen MR) is 122 cm³/mol. The van der Waals surface area contributed by atoms with Gasteiger partial charge in [0.25, 0.3) is 5.91 Å². The van der Waals surface area contributed by atoms with Crippen LogP contribution in [0.3, 0.4) is 0 Å². The van der Waals surface area contributed by atoms with Gasteiger partial charge < -0.3 is 10.2 Å². The number of nitrogens with zero attached hydrogens (tertiary/aromatic N) is 4. The quantitative estimate of drug-likeness (QED) is 0.513. The SMILES string of the molecule is Cn1cc(C2N(C(=O)c3ccc(-c4ccn[nH]4)cc3)CCC23C(=O)Nc2ccccc23)cn1. The lowest BCUT2D eigenvalue weighted by Crippen LogP contribution is -2.42. The average molecular weight is 438 g/mol. The van der Waals surface area contributed by atoms with E-state index in [4.69, 9.17) is 0 Å². The van der Waals surface area contributed by atoms with Crippen LogP contribution in [0.5, 0.6) is 0 Å². The summed E-state index contributed by atoms with van der Waals surface area (Å²) in [4.78, 5) is 29.0. The third-order valence-corrected chi connectivity index (χ3v) is 6.83. The lowest BCUT2D eigenvalue weighted by Gasteiger charge is -2.33. The molecule has 2 aromatic heterocycles. The van der Waals surface area contributed by atoms with E-state index in [1.54, 1.807) is 17.1 Å². The van der Waals surface area contributed by atoms with Gasteiger partial charge in [0.05, 0.1) is 17.9 Å². The molecule has 2 aromatic carbocycles. The van der Waals surface area contributed by atoms with Gasteiger partial charge in [-0.15, -0.1) is 0 Å². The number of aromatic amines is 1. The molecule has 2 N–H and O–H groups in total. The van der Waals surface area contributed by atoms with E-state index in [0.29, 0.717) is 18.5 Å². The molecule has 2 amide bonds. The average Bonchev–Trinajstić information content (AvgIpc) is 3.62. The number of amides is 2. The van der Waals surface area contributed by atoms with Crippen LogP contribution in [0.15, 0.2) is 73.2 Å². The van der Waals surface area contributed by atoms with Gasteiger partial charge in [-0.05, 0) is 41.8 Å². The molecule has 2 aliphatic heterocycles. The molecular weight excluding hydrogens is 416 g/mol. The fourth-order valence-electron chi connectivity index (χ4n) is 5.33. The number of fused-ring (bicyclic) bond motifs is 2. The van der Waals surface area contributed by atoms with Crippen LogP contribution in [0.4, 0.5) is 5.69 Å². The van der Waals surface area contributed by atoms with Gasteiger partial charge in [-0.1, -0.05) is 30.3 Å². The number of benzene rings is 2. The molecule has 0 radical (unpaired) electrons. The van der Waals surface area contributed by atoms with Gasteiger partial charge in [0, 0.05) is 42.8 Å². The smallest absolute Gasteiger partial charge is 0.254 e. The van der Waals surface area contributed by atoms with Crippen LogP contribution in [-0.4, -0.2) is 43.2 Å². The van der Waals surface area contributed by atoms with Crippen molar-refractivity contribution < 1.29 is 9.59 Å². The number of hydrogen-bond acceptors (Lipinski definition) is 4. The number of hydrogen-bond donors (Lipinski definition) is 2. The Kier molecular flexibility index (Phi) is 4.23. The Balaban J connectivity index is 1.42. The molecule has 1 saturated heterocycles. The number of nitrogens with one attached hydrogen (secondary N) is 2. The largest absolute Gasteiger partial charge is 0.330 e. The summed E-state index contributed by atoms with van der Waals surface area (Å²) in [6.45, 7) is 0.475. The maximum Gasteiger partial charge on any atom is 0.254 e. The van der Waals surface area contributed by atoms with Gasteiger partial charge in [-0.3, -0.25) is 19.4 Å². The van der Waals surface area contributed by atoms with E-state index in [-0.39, 0.29) is 11.8 Å². The van der Waals surface area contributed by atoms with E-state index in [2.05, 4.69) is 20.6 Å². The predicted octanol–water partition coefficient (Wildman–Crippen LogP) is 3.29. The van der Waals surface area contributed by atoms with Crippen LogP contribution in [0, 0.1) is 0 Å². The number of likely N-dealkylation sites (tertiary alicyclic amines) is 1. The molecule has 8 nitrogen and oxygen atoms in total. The molecule has 1 fully saturated rings. The highest BCUT2D eigenvalue weighted by Crippen LogP contribution is 2.54. The Labute approximate surface area is 190 Å². The standard InChI is InChI=1S/C25H22N6O2/c1-30-15-18(14-27-30)22-25(19-4-2-3-5-21(19)28-24(25)33)11-13-31(22)23(32)17-8-6-16(7-9-17)20-10-12-26-29-20/h2-10,12,14-15,22H,11,13H2,1H3,(H,26,29)(H,28,33). The lowest BCUT2D eigenvalue weighted by atomic mass is 9.73. The fraction of sp³-hybridized carbons (Fsp3) is 0.200. The van der Waals surface area contributed by atoms with E-state index in [1.165, 1.54) is 0 Å². The summed E-state index contributed by atoms with van der Waals surface area (Å²) in [6.07, 6.45) is 5.90. The Morgan fingerprint density at radius 2 is 1.94 bits per heavy atom. The second kappa shape index (κ2) is 7.16. The third-order valence-electron chi connectivity index (χ3n) is 6.83. The molecule has 2 unspecified atom stereocenters. The molecule has 164 valence electrons. The summed E-state index contributed by atoms with van der Waals surface area (Å²) in [5.74, 6) is -0.170. The summed E-state index contributed by atoms with van der Waals surface area (Å²) >= 11 is 0. The summed E-state index contributed by atoms with van der Waals surface area (Å²) in [5.41, 5.74) is 4.19. The van der Waals surface area contributed by atoms with Gasteiger partial charge >= 0.3 is 0 Å². The van der Waals surface area contributed by atoms with Crippen molar-refractivity contribution in [3.63, 3.8) is 0 Å². The van der Waals surface area contributed by atoms with E-state index >= 15 is 0 Å². The van der Waals surface area contributed by atoms with Gasteiger partial charge in [-0.25, -0.2) is 0 Å². The van der Waals surface area contributed by atoms with Gasteiger partial charge in [-0.2, -0.15) is 10.2 Å². The molecule has 2 aliphatic rings. The molecule has 0 bridgehead atoms. The number of aryl methyl sites for hydroxylation is 1. The van der Waals surface area contributed by atoms with Crippen LogP contribution < -0.4 is 5.32 Å². The van der Waals surface area contributed by atoms with Crippen molar-refractivity contribution >= 4 is 17.5 Å². The maximum atomic E-state index is 13.7. The molecule has 4 heterocycles. The molecule has 2 atom stereocenters. The van der Waals surface area contributed by atoms with Crippen molar-refractivity contribution in [2.24, 2.45) is 7.05 Å². The summed E-state index contributed by atoms with van der Waals surface area (Å²) in [7, 11) is 1.84. The Hall–Kier alpha value is -4.20. The first-order valence-electron chi connectivity index (χ1n) is 10.9. The number of para-hydroxylation sites is 1. The molecule has 4 aromatic rings. The lowest BCUT2D eigenvalue weighted by molar-refractivity contribution is -0.121. The minimum atomic E-state index is -0.842. The maximum absolute atomic E-state index is 13.7. The van der Waals surface area contributed by atoms with Crippen molar-refractivity contribution in [3.05, 3.63) is 89.9 Å². The van der Waals surface area contributed by atoms with Crippen LogP contribution in [0.2, 0.25) is 0 Å². The summed E-state index contributed by atoms with van der Waals surface area (Å²) < 4.78 is 1.71. The van der Waals surface area contributed by atoms with Crippen LogP contribution in [0.1, 0.15) is 33.9 Å². The number of carbonyl (C=O) groups excluding carboxylic acids is 2. The highest BCUT2D eigenvalue weighted by molar-refractivity contribution is 6.08. The van der Waals surface area contributed by atoms with E-state index in [0.717, 1.165) is 28.1 Å². The second-order valence-electron chi connectivity index (χ2n) is 8.62. The van der Waals surface area contributed by atoms with E-state index in [1.807, 2.05) is 72.7 Å². The first kappa shape index (κ1) is 19.5. The number of aromatic nitrogens is 4. The topological polar surface area (TPSA) is 95.9 Å². The zero-order chi connectivity index (χ0) is 22.6. The molecule has 1 spiro atoms. The fourth-order valence-corrected chi connectivity index (χ4v) is 5.33. The van der Waals surface area contributed by atoms with Crippen molar-refractivity contribution in [2.75, 3.05) is 11.9 Å². The number of H-pyrrole nitrogens is 1. The minimum Gasteiger partial charge on any atom is -0.330 e. The molecule has 8 heteroatoms. The van der Waals surface area contributed by atoms with E-state index < -0.39 is 11.5 Å². The van der Waals surface area contributed by atoms with Crippen molar-refractivity contribution in [1.29, 1.82) is 0 Å². The van der Waals surface area contributed by atoms with Gasteiger partial charge in [0.1, 0.15) is 5.41 Å². The molecule has 6 rings (SSSR count). The third kappa shape index (κ3) is 2.83. The zero-order valence-electron chi connectivity index (χ0n) is 18.0. The van der Waals surface area contributed by atoms with Crippen molar-refractivity contribution in [3.8, 4) is 11.3 Å². The zero-order valence-corrected chi connectivity index (χ0v) is 18.0. The molecular formula is C25H22N6O2. The normalized spacial score (nSPS) is 21.4. The Morgan fingerprint density at radius 3 is 2.67 bits per heavy atom. The molecule has 0 saturated carbocycles. The first-order valence-corrected chi connectivity index (χ1v) is 10.9. The van der Waals surface area contributed by atoms with Gasteiger partial charge in [0.15, 0.2) is 0 Å². The Morgan fingerprint density at radius 1 is 1.12 bits per heavy atom. The van der Waals surface area contributed by atoms with Gasteiger partial charge in [0.2, 0.25) is 5.91 Å². The minimum absolute atomic E-state index is 0.0672. The van der Waals surface area contributed by atoms with Crippen molar-refractivity contribution in [1.82, 2.24) is 24.9 Å². The summed E-state index contributed by atoms with van der Waals surface area (Å²) in [6, 6.07) is 16.7. The monoisotopic (exact) mass is 438 g/mol. The van der Waals surface area contributed by atoms with Crippen LogP contribution in [-0.2, 0) is 17.3 Å². The number of anilines is 1.